The van der Waals surface area contributed by atoms with Crippen molar-refractivity contribution in [2.45, 2.75) is 78.2 Å². The molecule has 0 saturated heterocycles. The lowest BCUT2D eigenvalue weighted by atomic mass is 9.81. The monoisotopic (exact) mass is 507 g/mol. The van der Waals surface area contributed by atoms with Crippen molar-refractivity contribution in [3.05, 3.63) is 61.7 Å². The summed E-state index contributed by atoms with van der Waals surface area (Å²) < 4.78 is 21.5. The highest BCUT2D eigenvalue weighted by molar-refractivity contribution is 5.93. The van der Waals surface area contributed by atoms with Crippen LogP contribution in [0.5, 0.6) is 0 Å². The number of hydrogen-bond acceptors (Lipinski definition) is 6. The molecule has 2 aromatic heterocycles. The van der Waals surface area contributed by atoms with Crippen molar-refractivity contribution in [3.8, 4) is 11.4 Å². The number of aliphatic hydroxyl groups excluding tert-OH is 1. The lowest BCUT2D eigenvalue weighted by molar-refractivity contribution is -0.130. The maximum atomic E-state index is 14.9. The van der Waals surface area contributed by atoms with Crippen molar-refractivity contribution in [2.75, 3.05) is 0 Å². The molecule has 8 nitrogen and oxygen atoms in total. The number of aryl methyl sites for hydroxylation is 1. The number of rotatable bonds is 7. The van der Waals surface area contributed by atoms with Gasteiger partial charge in [0.25, 0.3) is 12.0 Å². The lowest BCUT2D eigenvalue weighted by Crippen LogP contribution is -2.37. The topological polar surface area (TPSA) is 111 Å². The van der Waals surface area contributed by atoms with E-state index in [0.717, 1.165) is 34.1 Å². The number of benzene rings is 1. The smallest absolute Gasteiger partial charge is 0.293 e. The third-order valence-corrected chi connectivity index (χ3v) is 7.90. The van der Waals surface area contributed by atoms with E-state index in [1.54, 1.807) is 11.5 Å². The SMILES string of the molecule is CC[C@@H](C)c1cc2n(c(=O)c1COC=O)Cc1c-2nc2cc(F)c(C)c3c2c1[C@@H](NC(=O)[C@H](C)O)CC3. The maximum Gasteiger partial charge on any atom is 0.293 e. The fourth-order valence-corrected chi connectivity index (χ4v) is 5.72. The van der Waals surface area contributed by atoms with Gasteiger partial charge in [0.2, 0.25) is 5.91 Å². The molecule has 0 spiro atoms. The van der Waals surface area contributed by atoms with Crippen LogP contribution >= 0.6 is 0 Å². The number of fused-ring (bicyclic) bond motifs is 4. The third-order valence-electron chi connectivity index (χ3n) is 7.90. The Morgan fingerprint density at radius 1 is 1.35 bits per heavy atom. The number of pyridine rings is 2. The molecule has 2 aliphatic rings. The summed E-state index contributed by atoms with van der Waals surface area (Å²) in [6.07, 6.45) is 0.682. The van der Waals surface area contributed by atoms with E-state index in [-0.39, 0.29) is 30.4 Å². The number of halogens is 1. The first-order valence-corrected chi connectivity index (χ1v) is 12.6. The van der Waals surface area contributed by atoms with Crippen molar-refractivity contribution in [1.82, 2.24) is 14.9 Å². The van der Waals surface area contributed by atoms with Crippen LogP contribution in [0.3, 0.4) is 0 Å². The van der Waals surface area contributed by atoms with E-state index in [4.69, 9.17) is 9.72 Å². The van der Waals surface area contributed by atoms with Gasteiger partial charge in [0.05, 0.1) is 35.1 Å². The number of nitrogens with zero attached hydrogens (tertiary/aromatic N) is 2. The molecule has 0 unspecified atom stereocenters. The van der Waals surface area contributed by atoms with E-state index in [1.807, 2.05) is 19.9 Å². The van der Waals surface area contributed by atoms with Crippen molar-refractivity contribution < 1.29 is 23.8 Å². The first kappa shape index (κ1) is 25.1. The number of ether oxygens (including phenoxy) is 1. The third kappa shape index (κ3) is 3.92. The molecule has 3 atom stereocenters. The summed E-state index contributed by atoms with van der Waals surface area (Å²) in [4.78, 5) is 42.0. The Kier molecular flexibility index (Phi) is 6.35. The van der Waals surface area contributed by atoms with Gasteiger partial charge < -0.3 is 19.7 Å². The van der Waals surface area contributed by atoms with E-state index >= 15 is 0 Å². The molecule has 37 heavy (non-hydrogen) atoms. The van der Waals surface area contributed by atoms with Gasteiger partial charge in [-0.15, -0.1) is 0 Å². The Bertz CT molecular complexity index is 1510. The second-order valence-electron chi connectivity index (χ2n) is 10.1. The van der Waals surface area contributed by atoms with Gasteiger partial charge in [0, 0.05) is 17.0 Å². The molecule has 0 fully saturated rings. The van der Waals surface area contributed by atoms with Crippen molar-refractivity contribution >= 4 is 23.3 Å². The van der Waals surface area contributed by atoms with E-state index in [9.17, 15) is 23.9 Å². The molecule has 1 aromatic carbocycles. The van der Waals surface area contributed by atoms with Gasteiger partial charge in [0.1, 0.15) is 18.5 Å². The van der Waals surface area contributed by atoms with Crippen LogP contribution in [0.4, 0.5) is 4.39 Å². The quantitative estimate of drug-likeness (QED) is 0.370. The van der Waals surface area contributed by atoms with Gasteiger partial charge in [-0.2, -0.15) is 0 Å². The Hall–Kier alpha value is -3.59. The fraction of sp³-hybridized carbons (Fsp3) is 0.429. The molecule has 1 aliphatic carbocycles. The summed E-state index contributed by atoms with van der Waals surface area (Å²) >= 11 is 0. The van der Waals surface area contributed by atoms with Crippen molar-refractivity contribution in [2.24, 2.45) is 0 Å². The van der Waals surface area contributed by atoms with Gasteiger partial charge in [-0.25, -0.2) is 9.37 Å². The number of carbonyl (C=O) groups excluding carboxylic acids is 2. The number of aromatic nitrogens is 2. The van der Waals surface area contributed by atoms with E-state index in [1.165, 1.54) is 13.0 Å². The molecule has 1 amide bonds. The Morgan fingerprint density at radius 2 is 2.11 bits per heavy atom. The second-order valence-corrected chi connectivity index (χ2v) is 10.1. The average Bonchev–Trinajstić information content (AvgIpc) is 3.25. The molecule has 3 heterocycles. The number of nitrogens with one attached hydrogen (secondary N) is 1. The van der Waals surface area contributed by atoms with Crippen LogP contribution in [0.1, 0.15) is 79.0 Å². The number of hydrogen-bond donors (Lipinski definition) is 2. The van der Waals surface area contributed by atoms with Gasteiger partial charge in [-0.1, -0.05) is 13.8 Å². The minimum Gasteiger partial charge on any atom is -0.463 e. The zero-order chi connectivity index (χ0) is 26.6. The van der Waals surface area contributed by atoms with Gasteiger partial charge >= 0.3 is 0 Å². The average molecular weight is 508 g/mol. The summed E-state index contributed by atoms with van der Waals surface area (Å²) in [6.45, 7) is 7.62. The van der Waals surface area contributed by atoms with Crippen molar-refractivity contribution in [1.29, 1.82) is 0 Å². The number of carbonyl (C=O) groups is 2. The Balaban J connectivity index is 1.79. The standard InChI is InChI=1S/C28H30FN3O5/c1-5-13(2)17-8-23-26-18(10-32(23)28(36)19(17)11-37-12-33)25-21(31-27(35)15(4)34)7-6-16-14(3)20(29)9-22(30-26)24(16)25/h8-9,12-13,15,21,34H,5-7,10-11H2,1-4H3,(H,31,35)/t13-,15+,21+/m1/s1. The van der Waals surface area contributed by atoms with Gasteiger partial charge in [0.15, 0.2) is 0 Å². The number of aliphatic hydroxyl groups is 1. The summed E-state index contributed by atoms with van der Waals surface area (Å²) in [5.74, 6) is -0.799. The van der Waals surface area contributed by atoms with Crippen LogP contribution in [0.15, 0.2) is 16.9 Å². The first-order chi connectivity index (χ1) is 17.7. The van der Waals surface area contributed by atoms with E-state index in [0.29, 0.717) is 47.3 Å². The molecular weight excluding hydrogens is 477 g/mol. The molecule has 0 radical (unpaired) electrons. The summed E-state index contributed by atoms with van der Waals surface area (Å²) in [6, 6.07) is 2.92. The summed E-state index contributed by atoms with van der Waals surface area (Å²) in [5.41, 5.74) is 5.66. The normalized spacial score (nSPS) is 17.2. The minimum absolute atomic E-state index is 0.0384. The van der Waals surface area contributed by atoms with Gasteiger partial charge in [-0.3, -0.25) is 14.4 Å². The highest BCUT2D eigenvalue weighted by Crippen LogP contribution is 2.45. The predicted molar refractivity (Wildman–Crippen MR) is 136 cm³/mol. The van der Waals surface area contributed by atoms with Crippen LogP contribution < -0.4 is 10.9 Å². The van der Waals surface area contributed by atoms with E-state index in [2.05, 4.69) is 5.32 Å². The zero-order valence-corrected chi connectivity index (χ0v) is 21.4. The molecule has 1 aliphatic heterocycles. The molecule has 3 aromatic rings. The van der Waals surface area contributed by atoms with Crippen LogP contribution in [-0.2, 0) is 33.9 Å². The van der Waals surface area contributed by atoms with Crippen molar-refractivity contribution in [3.63, 3.8) is 0 Å². The molecule has 5 rings (SSSR count). The number of amides is 1. The van der Waals surface area contributed by atoms with Crippen LogP contribution in [0.2, 0.25) is 0 Å². The second kappa shape index (κ2) is 9.37. The molecule has 0 bridgehead atoms. The summed E-state index contributed by atoms with van der Waals surface area (Å²) in [5, 5.41) is 13.6. The van der Waals surface area contributed by atoms with Crippen LogP contribution in [0.25, 0.3) is 22.3 Å². The molecule has 194 valence electrons. The lowest BCUT2D eigenvalue weighted by Gasteiger charge is -2.30. The first-order valence-electron chi connectivity index (χ1n) is 12.6. The zero-order valence-electron chi connectivity index (χ0n) is 21.4. The molecule has 9 heteroatoms. The van der Waals surface area contributed by atoms with E-state index < -0.39 is 18.1 Å². The highest BCUT2D eigenvalue weighted by atomic mass is 19.1. The molecule has 2 N–H and O–H groups in total. The molecule has 0 saturated carbocycles. The summed E-state index contributed by atoms with van der Waals surface area (Å²) in [7, 11) is 0. The fourth-order valence-electron chi connectivity index (χ4n) is 5.72. The Labute approximate surface area is 213 Å². The van der Waals surface area contributed by atoms with Gasteiger partial charge in [-0.05, 0) is 67.3 Å². The largest absolute Gasteiger partial charge is 0.463 e. The van der Waals surface area contributed by atoms with Crippen LogP contribution in [0, 0.1) is 12.7 Å². The maximum absolute atomic E-state index is 14.9. The minimum atomic E-state index is -1.18. The predicted octanol–water partition coefficient (Wildman–Crippen LogP) is 3.54. The molecular formula is C28H30FN3O5. The van der Waals surface area contributed by atoms with Crippen LogP contribution in [-0.4, -0.2) is 33.1 Å². The highest BCUT2D eigenvalue weighted by Gasteiger charge is 2.35. The Morgan fingerprint density at radius 3 is 2.78 bits per heavy atom.